The second-order valence-corrected chi connectivity index (χ2v) is 15.1. The SMILES string of the molecule is CCC(C)[C@H](NC(=O)Cc1ccccc1F)C(=O)NC1(C(=O)N[C@H](C(=O)NC)C(C)CC)CCc2[nH]c3c(C(F)(F)F)cccc3c2C1.CCCC(=O)c1ccncc1. The first-order chi connectivity index (χ1) is 28.0. The van der Waals surface area contributed by atoms with E-state index in [1.165, 1.54) is 37.4 Å². The standard InChI is InChI=1S/C35H43F4N5O4.C9H11NO/c1-6-19(3)28(31(46)40-5)43-33(48)34(16-15-26-23(18-34)22-12-10-13-24(30(22)41-26)35(37,38)39)44-32(47)29(20(4)7-2)42-27(45)17-21-11-8-9-14-25(21)36;1-2-3-9(11)8-4-6-10-7-5-8/h8-14,19-20,28-29,41H,6-7,15-18H2,1-5H3,(H,40,46)(H,42,45)(H,43,48)(H,44,47);4-7H,2-3H2,1H3/t19?,20?,28-,29-,34?;/m0./s1. The quantitative estimate of drug-likeness (QED) is 0.0656. The van der Waals surface area contributed by atoms with E-state index < -0.39 is 64.7 Å². The lowest BCUT2D eigenvalue weighted by atomic mass is 9.78. The van der Waals surface area contributed by atoms with Crippen LogP contribution >= 0.6 is 0 Å². The number of amides is 4. The molecule has 0 fully saturated rings. The minimum absolute atomic E-state index is 0.00309. The number of para-hydroxylation sites is 1. The largest absolute Gasteiger partial charge is 0.418 e. The van der Waals surface area contributed by atoms with E-state index in [2.05, 4.69) is 31.2 Å². The fourth-order valence-electron chi connectivity index (χ4n) is 7.17. The number of rotatable bonds is 15. The van der Waals surface area contributed by atoms with E-state index in [0.717, 1.165) is 18.1 Å². The lowest BCUT2D eigenvalue weighted by Crippen LogP contribution is -2.67. The number of fused-ring (bicyclic) bond motifs is 3. The van der Waals surface area contributed by atoms with Gasteiger partial charge in [0.15, 0.2) is 5.78 Å². The molecule has 3 unspecified atom stereocenters. The van der Waals surface area contributed by atoms with Gasteiger partial charge in [0.1, 0.15) is 23.4 Å². The maximum absolute atomic E-state index is 14.3. The van der Waals surface area contributed by atoms with Crippen LogP contribution in [-0.4, -0.2) is 64.1 Å². The zero-order chi connectivity index (χ0) is 43.5. The Bertz CT molecular complexity index is 2110. The summed E-state index contributed by atoms with van der Waals surface area (Å²) in [6.07, 6.45) is 0.847. The highest BCUT2D eigenvalue weighted by molar-refractivity contribution is 5.99. The molecule has 4 amide bonds. The van der Waals surface area contributed by atoms with Gasteiger partial charge in [-0.25, -0.2) is 4.39 Å². The van der Waals surface area contributed by atoms with E-state index in [1.807, 2.05) is 20.8 Å². The van der Waals surface area contributed by atoms with Crippen LogP contribution in [0.1, 0.15) is 99.5 Å². The predicted molar refractivity (Wildman–Crippen MR) is 217 cm³/mol. The number of Topliss-reactive ketones (excluding diaryl/α,β-unsaturated/α-hetero) is 1. The minimum Gasteiger partial charge on any atom is -0.358 e. The lowest BCUT2D eigenvalue weighted by Gasteiger charge is -2.39. The van der Waals surface area contributed by atoms with Crippen LogP contribution in [-0.2, 0) is 44.6 Å². The average molecular weight is 823 g/mol. The number of ketones is 1. The van der Waals surface area contributed by atoms with Crippen molar-refractivity contribution < 1.29 is 41.5 Å². The number of nitrogens with zero attached hydrogens (tertiary/aromatic N) is 1. The monoisotopic (exact) mass is 822 g/mol. The van der Waals surface area contributed by atoms with Crippen molar-refractivity contribution in [3.8, 4) is 0 Å². The van der Waals surface area contributed by atoms with Crippen molar-refractivity contribution in [1.82, 2.24) is 31.2 Å². The van der Waals surface area contributed by atoms with Gasteiger partial charge in [0, 0.05) is 48.9 Å². The number of benzene rings is 2. The summed E-state index contributed by atoms with van der Waals surface area (Å²) in [6.45, 7) is 9.24. The van der Waals surface area contributed by atoms with Crippen LogP contribution in [0.15, 0.2) is 67.0 Å². The molecule has 59 heavy (non-hydrogen) atoms. The average Bonchev–Trinajstić information content (AvgIpc) is 3.59. The van der Waals surface area contributed by atoms with Crippen molar-refractivity contribution in [3.05, 3.63) is 101 Å². The highest BCUT2D eigenvalue weighted by Gasteiger charge is 2.47. The number of halogens is 4. The zero-order valence-electron chi connectivity index (χ0n) is 34.3. The molecule has 5 N–H and O–H groups in total. The number of hydrogen-bond donors (Lipinski definition) is 5. The number of pyridine rings is 1. The van der Waals surface area contributed by atoms with Gasteiger partial charge in [-0.05, 0) is 66.5 Å². The molecule has 11 nitrogen and oxygen atoms in total. The summed E-state index contributed by atoms with van der Waals surface area (Å²) in [7, 11) is 1.44. The Balaban J connectivity index is 0.000000603. The van der Waals surface area contributed by atoms with Crippen LogP contribution in [0.2, 0.25) is 0 Å². The summed E-state index contributed by atoms with van der Waals surface area (Å²) in [4.78, 5) is 72.4. The number of alkyl halides is 3. The van der Waals surface area contributed by atoms with Crippen molar-refractivity contribution in [2.24, 2.45) is 11.8 Å². The van der Waals surface area contributed by atoms with E-state index in [0.29, 0.717) is 30.5 Å². The van der Waals surface area contributed by atoms with Crippen molar-refractivity contribution in [1.29, 1.82) is 0 Å². The highest BCUT2D eigenvalue weighted by Crippen LogP contribution is 2.40. The zero-order valence-corrected chi connectivity index (χ0v) is 34.3. The van der Waals surface area contributed by atoms with Crippen LogP contribution in [0, 0.1) is 17.7 Å². The van der Waals surface area contributed by atoms with Gasteiger partial charge in [-0.3, -0.25) is 29.0 Å². The third-order valence-corrected chi connectivity index (χ3v) is 11.0. The fraction of sp³-hybridized carbons (Fsp3) is 0.455. The number of aromatic amines is 1. The number of carbonyl (C=O) groups excluding carboxylic acids is 5. The maximum atomic E-state index is 14.3. The molecule has 2 heterocycles. The van der Waals surface area contributed by atoms with Gasteiger partial charge < -0.3 is 26.3 Å². The van der Waals surface area contributed by atoms with Crippen LogP contribution < -0.4 is 21.3 Å². The highest BCUT2D eigenvalue weighted by atomic mass is 19.4. The normalized spacial score (nSPS) is 16.9. The van der Waals surface area contributed by atoms with Gasteiger partial charge in [-0.15, -0.1) is 0 Å². The van der Waals surface area contributed by atoms with Crippen molar-refractivity contribution in [2.75, 3.05) is 7.05 Å². The maximum Gasteiger partial charge on any atom is 0.418 e. The van der Waals surface area contributed by atoms with E-state index in [1.54, 1.807) is 44.4 Å². The molecule has 1 aliphatic carbocycles. The Morgan fingerprint density at radius 3 is 2.10 bits per heavy atom. The van der Waals surface area contributed by atoms with Gasteiger partial charge >= 0.3 is 6.18 Å². The van der Waals surface area contributed by atoms with Crippen molar-refractivity contribution in [3.63, 3.8) is 0 Å². The van der Waals surface area contributed by atoms with Crippen molar-refractivity contribution in [2.45, 2.75) is 110 Å². The molecule has 0 aliphatic heterocycles. The molecule has 2 aromatic carbocycles. The molecule has 2 aromatic heterocycles. The first kappa shape index (κ1) is 46.1. The molecule has 5 rings (SSSR count). The number of aryl methyl sites for hydroxylation is 1. The first-order valence-electron chi connectivity index (χ1n) is 20.0. The molecule has 0 radical (unpaired) electrons. The van der Waals surface area contributed by atoms with Crippen LogP contribution in [0.4, 0.5) is 17.6 Å². The topological polar surface area (TPSA) is 162 Å². The number of carbonyl (C=O) groups is 5. The van der Waals surface area contributed by atoms with E-state index in [-0.39, 0.29) is 53.9 Å². The summed E-state index contributed by atoms with van der Waals surface area (Å²) >= 11 is 0. The van der Waals surface area contributed by atoms with E-state index >= 15 is 0 Å². The first-order valence-corrected chi connectivity index (χ1v) is 20.0. The Morgan fingerprint density at radius 2 is 1.51 bits per heavy atom. The second-order valence-electron chi connectivity index (χ2n) is 15.1. The fourth-order valence-corrected chi connectivity index (χ4v) is 7.17. The number of aromatic nitrogens is 2. The molecule has 15 heteroatoms. The summed E-state index contributed by atoms with van der Waals surface area (Å²) in [6, 6.07) is 11.0. The molecule has 4 aromatic rings. The molecular weight excluding hydrogens is 769 g/mol. The summed E-state index contributed by atoms with van der Waals surface area (Å²) in [5, 5.41) is 11.2. The van der Waals surface area contributed by atoms with Crippen LogP contribution in [0.3, 0.4) is 0 Å². The Morgan fingerprint density at radius 1 is 0.864 bits per heavy atom. The second kappa shape index (κ2) is 20.4. The molecule has 318 valence electrons. The van der Waals surface area contributed by atoms with Gasteiger partial charge in [0.05, 0.1) is 17.5 Å². The summed E-state index contributed by atoms with van der Waals surface area (Å²) < 4.78 is 56.1. The molecule has 5 atom stereocenters. The Kier molecular flexibility index (Phi) is 15.9. The summed E-state index contributed by atoms with van der Waals surface area (Å²) in [5.74, 6) is -3.44. The molecule has 0 saturated heterocycles. The van der Waals surface area contributed by atoms with E-state index in [9.17, 15) is 41.5 Å². The Labute approximate surface area is 341 Å². The molecule has 0 saturated carbocycles. The van der Waals surface area contributed by atoms with Gasteiger partial charge in [-0.1, -0.05) is 77.8 Å². The number of nitrogens with one attached hydrogen (secondary N) is 5. The minimum atomic E-state index is -4.63. The molecule has 0 spiro atoms. The van der Waals surface area contributed by atoms with Gasteiger partial charge in [0.25, 0.3) is 0 Å². The predicted octanol–water partition coefficient (Wildman–Crippen LogP) is 6.78. The Hall–Kier alpha value is -5.60. The van der Waals surface area contributed by atoms with E-state index in [4.69, 9.17) is 0 Å². The molecule has 1 aliphatic rings. The number of likely N-dealkylation sites (N-methyl/N-ethyl adjacent to an activating group) is 1. The van der Waals surface area contributed by atoms with Gasteiger partial charge in [-0.2, -0.15) is 13.2 Å². The lowest BCUT2D eigenvalue weighted by molar-refractivity contribution is -0.139. The van der Waals surface area contributed by atoms with Crippen molar-refractivity contribution >= 4 is 40.3 Å². The third kappa shape index (κ3) is 11.3. The number of hydrogen-bond acceptors (Lipinski definition) is 6. The van der Waals surface area contributed by atoms with Crippen LogP contribution in [0.25, 0.3) is 10.9 Å². The third-order valence-electron chi connectivity index (χ3n) is 11.0. The van der Waals surface area contributed by atoms with Gasteiger partial charge in [0.2, 0.25) is 23.6 Å². The smallest absolute Gasteiger partial charge is 0.358 e. The number of H-pyrrole nitrogens is 1. The summed E-state index contributed by atoms with van der Waals surface area (Å²) in [5.41, 5.74) is -0.770. The molecular formula is C44H54F4N6O5. The molecule has 0 bridgehead atoms. The van der Waals surface area contributed by atoms with Crippen LogP contribution in [0.5, 0.6) is 0 Å².